The summed E-state index contributed by atoms with van der Waals surface area (Å²) in [4.78, 5) is 2.18. The van der Waals surface area contributed by atoms with Gasteiger partial charge in [0.15, 0.2) is 5.82 Å². The van der Waals surface area contributed by atoms with Gasteiger partial charge in [0.05, 0.1) is 18.4 Å². The first-order chi connectivity index (χ1) is 12.0. The molecule has 0 spiro atoms. The summed E-state index contributed by atoms with van der Waals surface area (Å²) in [6, 6.07) is 7.66. The molecule has 1 aliphatic heterocycles. The van der Waals surface area contributed by atoms with E-state index >= 15 is 0 Å². The van der Waals surface area contributed by atoms with E-state index in [2.05, 4.69) is 15.1 Å². The average Bonchev–Trinajstić information content (AvgIpc) is 3.34. The Bertz CT molecular complexity index is 764. The van der Waals surface area contributed by atoms with E-state index in [1.807, 2.05) is 32.0 Å². The number of phenolic OH excluding ortho intramolecular Hbond substituents is 1. The molecule has 1 aromatic carbocycles. The number of aromatic hydroxyl groups is 1. The molecule has 0 radical (unpaired) electrons. The highest BCUT2D eigenvalue weighted by Crippen LogP contribution is 2.39. The van der Waals surface area contributed by atoms with Gasteiger partial charge in [-0.05, 0) is 56.0 Å². The third kappa shape index (κ3) is 3.07. The molecule has 3 N–H and O–H groups in total. The highest BCUT2D eigenvalue weighted by atomic mass is 16.5. The third-order valence-corrected chi connectivity index (χ3v) is 5.22. The van der Waals surface area contributed by atoms with E-state index in [4.69, 9.17) is 10.5 Å². The highest BCUT2D eigenvalue weighted by molar-refractivity contribution is 5.71. The SMILES string of the molecule is Cc1cc(C)c(-c2ccc(N3CCOC(C4(N)CC4)C3)nn2)c(O)c1. The fourth-order valence-electron chi connectivity index (χ4n) is 3.58. The van der Waals surface area contributed by atoms with Crippen LogP contribution in [0.15, 0.2) is 24.3 Å². The summed E-state index contributed by atoms with van der Waals surface area (Å²) in [6.07, 6.45) is 2.12. The Morgan fingerprint density at radius 1 is 1.24 bits per heavy atom. The first-order valence-electron chi connectivity index (χ1n) is 8.76. The van der Waals surface area contributed by atoms with Crippen LogP contribution in [0.25, 0.3) is 11.3 Å². The van der Waals surface area contributed by atoms with Crippen LogP contribution in [0.3, 0.4) is 0 Å². The van der Waals surface area contributed by atoms with E-state index in [1.54, 1.807) is 6.07 Å². The summed E-state index contributed by atoms with van der Waals surface area (Å²) < 4.78 is 5.84. The first kappa shape index (κ1) is 16.3. The Morgan fingerprint density at radius 3 is 2.68 bits per heavy atom. The molecule has 0 bridgehead atoms. The Hall–Kier alpha value is -2.18. The third-order valence-electron chi connectivity index (χ3n) is 5.22. The zero-order valence-electron chi connectivity index (χ0n) is 14.7. The predicted octanol–water partition coefficient (Wildman–Crippen LogP) is 2.16. The Kier molecular flexibility index (Phi) is 3.89. The molecule has 1 aliphatic carbocycles. The summed E-state index contributed by atoms with van der Waals surface area (Å²) in [7, 11) is 0. The van der Waals surface area contributed by atoms with Crippen LogP contribution in [-0.2, 0) is 4.74 Å². The number of aryl methyl sites for hydroxylation is 2. The van der Waals surface area contributed by atoms with Crippen LogP contribution in [0.2, 0.25) is 0 Å². The minimum Gasteiger partial charge on any atom is -0.507 e. The van der Waals surface area contributed by atoms with E-state index < -0.39 is 0 Å². The van der Waals surface area contributed by atoms with Crippen LogP contribution >= 0.6 is 0 Å². The van der Waals surface area contributed by atoms with Crippen molar-refractivity contribution in [2.24, 2.45) is 5.73 Å². The zero-order valence-corrected chi connectivity index (χ0v) is 14.7. The molecular formula is C19H24N4O2. The van der Waals surface area contributed by atoms with Gasteiger partial charge < -0.3 is 20.5 Å². The molecule has 132 valence electrons. The second-order valence-corrected chi connectivity index (χ2v) is 7.29. The van der Waals surface area contributed by atoms with Crippen LogP contribution in [0.1, 0.15) is 24.0 Å². The van der Waals surface area contributed by atoms with E-state index in [0.29, 0.717) is 12.3 Å². The van der Waals surface area contributed by atoms with Gasteiger partial charge in [0.1, 0.15) is 5.75 Å². The normalized spacial score (nSPS) is 22.0. The molecule has 1 aromatic heterocycles. The van der Waals surface area contributed by atoms with Gasteiger partial charge in [-0.1, -0.05) is 6.07 Å². The maximum Gasteiger partial charge on any atom is 0.151 e. The molecule has 1 atom stereocenters. The predicted molar refractivity (Wildman–Crippen MR) is 96.7 cm³/mol. The smallest absolute Gasteiger partial charge is 0.151 e. The molecule has 2 aromatic rings. The average molecular weight is 340 g/mol. The molecule has 1 unspecified atom stereocenters. The van der Waals surface area contributed by atoms with Gasteiger partial charge >= 0.3 is 0 Å². The number of hydrogen-bond donors (Lipinski definition) is 2. The summed E-state index contributed by atoms with van der Waals surface area (Å²) in [5, 5.41) is 19.0. The largest absolute Gasteiger partial charge is 0.507 e. The summed E-state index contributed by atoms with van der Waals surface area (Å²) in [5.74, 6) is 1.07. The van der Waals surface area contributed by atoms with Gasteiger partial charge in [-0.25, -0.2) is 0 Å². The molecule has 1 saturated carbocycles. The van der Waals surface area contributed by atoms with Gasteiger partial charge in [0, 0.05) is 24.2 Å². The highest BCUT2D eigenvalue weighted by Gasteiger charge is 2.48. The van der Waals surface area contributed by atoms with Crippen molar-refractivity contribution in [3.8, 4) is 17.0 Å². The lowest BCUT2D eigenvalue weighted by Crippen LogP contribution is -2.52. The number of nitrogens with zero attached hydrogens (tertiary/aromatic N) is 3. The van der Waals surface area contributed by atoms with Crippen LogP contribution in [-0.4, -0.2) is 46.6 Å². The fourth-order valence-corrected chi connectivity index (χ4v) is 3.58. The summed E-state index contributed by atoms with van der Waals surface area (Å²) in [6.45, 7) is 6.13. The van der Waals surface area contributed by atoms with Crippen molar-refractivity contribution in [1.82, 2.24) is 10.2 Å². The van der Waals surface area contributed by atoms with E-state index in [0.717, 1.165) is 48.4 Å². The van der Waals surface area contributed by atoms with E-state index in [1.165, 1.54) is 0 Å². The second kappa shape index (κ2) is 5.97. The van der Waals surface area contributed by atoms with Crippen molar-refractivity contribution in [3.63, 3.8) is 0 Å². The lowest BCUT2D eigenvalue weighted by molar-refractivity contribution is 0.0169. The molecule has 6 heteroatoms. The summed E-state index contributed by atoms with van der Waals surface area (Å²) in [5.41, 5.74) is 9.57. The van der Waals surface area contributed by atoms with Crippen molar-refractivity contribution in [2.75, 3.05) is 24.6 Å². The molecule has 2 aliphatic rings. The number of anilines is 1. The molecule has 1 saturated heterocycles. The molecule has 0 amide bonds. The summed E-state index contributed by atoms with van der Waals surface area (Å²) >= 11 is 0. The van der Waals surface area contributed by atoms with Crippen molar-refractivity contribution in [3.05, 3.63) is 35.4 Å². The van der Waals surface area contributed by atoms with Crippen LogP contribution in [0, 0.1) is 13.8 Å². The van der Waals surface area contributed by atoms with Crippen LogP contribution in [0.5, 0.6) is 5.75 Å². The standard InChI is InChI=1S/C19H24N4O2/c1-12-9-13(2)18(15(24)10-12)14-3-4-17(22-21-14)23-7-8-25-16(11-23)19(20)5-6-19/h3-4,9-10,16,24H,5-8,11,20H2,1-2H3. The molecule has 25 heavy (non-hydrogen) atoms. The van der Waals surface area contributed by atoms with E-state index in [-0.39, 0.29) is 17.4 Å². The molecule has 4 rings (SSSR count). The quantitative estimate of drug-likeness (QED) is 0.891. The Balaban J connectivity index is 1.56. The first-order valence-corrected chi connectivity index (χ1v) is 8.76. The van der Waals surface area contributed by atoms with Crippen LogP contribution < -0.4 is 10.6 Å². The van der Waals surface area contributed by atoms with Gasteiger partial charge in [-0.3, -0.25) is 0 Å². The number of ether oxygens (including phenoxy) is 1. The topological polar surface area (TPSA) is 84.5 Å². The zero-order chi connectivity index (χ0) is 17.6. The lowest BCUT2D eigenvalue weighted by Gasteiger charge is -2.36. The van der Waals surface area contributed by atoms with Gasteiger partial charge in [0.2, 0.25) is 0 Å². The number of phenols is 1. The second-order valence-electron chi connectivity index (χ2n) is 7.29. The number of morpholine rings is 1. The number of aromatic nitrogens is 2. The molecule has 2 heterocycles. The van der Waals surface area contributed by atoms with Crippen molar-refractivity contribution in [1.29, 1.82) is 0 Å². The van der Waals surface area contributed by atoms with Gasteiger partial charge in [0.25, 0.3) is 0 Å². The maximum absolute atomic E-state index is 10.3. The number of nitrogens with two attached hydrogens (primary N) is 1. The molecular weight excluding hydrogens is 316 g/mol. The minimum atomic E-state index is -0.156. The van der Waals surface area contributed by atoms with Crippen molar-refractivity contribution >= 4 is 5.82 Å². The van der Waals surface area contributed by atoms with Crippen LogP contribution in [0.4, 0.5) is 5.82 Å². The fraction of sp³-hybridized carbons (Fsp3) is 0.474. The maximum atomic E-state index is 10.3. The van der Waals surface area contributed by atoms with Crippen molar-refractivity contribution < 1.29 is 9.84 Å². The number of hydrogen-bond acceptors (Lipinski definition) is 6. The van der Waals surface area contributed by atoms with Crippen molar-refractivity contribution in [2.45, 2.75) is 38.3 Å². The molecule has 6 nitrogen and oxygen atoms in total. The monoisotopic (exact) mass is 340 g/mol. The van der Waals surface area contributed by atoms with Gasteiger partial charge in [-0.2, -0.15) is 0 Å². The Labute approximate surface area is 147 Å². The van der Waals surface area contributed by atoms with E-state index in [9.17, 15) is 5.11 Å². The lowest BCUT2D eigenvalue weighted by atomic mass is 10.0. The molecule has 2 fully saturated rings. The minimum absolute atomic E-state index is 0.0612. The Morgan fingerprint density at radius 2 is 2.04 bits per heavy atom. The number of rotatable bonds is 3. The van der Waals surface area contributed by atoms with Gasteiger partial charge in [-0.15, -0.1) is 10.2 Å². The number of benzene rings is 1.